The number of nitro groups is 1. The number of rotatable bonds is 2. The molecule has 78 valence electrons. The lowest BCUT2D eigenvalue weighted by molar-refractivity contribution is -0.389. The highest BCUT2D eigenvalue weighted by Crippen LogP contribution is 2.31. The molecule has 1 aromatic heterocycles. The van der Waals surface area contributed by atoms with Gasteiger partial charge in [-0.1, -0.05) is 0 Å². The molecule has 0 fully saturated rings. The molecule has 1 heterocycles. The molecule has 0 saturated carbocycles. The minimum absolute atomic E-state index is 0.438. The first-order valence-corrected chi connectivity index (χ1v) is 3.60. The molecule has 2 N–H and O–H groups in total. The first kappa shape index (κ1) is 10.8. The smallest absolute Gasteiger partial charge is 0.382 e. The molecular formula is C7H4F2N4O2. The maximum atomic E-state index is 12.4. The number of nitriles is 1. The van der Waals surface area contributed by atoms with E-state index in [2.05, 4.69) is 4.98 Å². The van der Waals surface area contributed by atoms with E-state index in [1.807, 2.05) is 0 Å². The van der Waals surface area contributed by atoms with E-state index >= 15 is 0 Å². The van der Waals surface area contributed by atoms with E-state index in [4.69, 9.17) is 11.0 Å². The molecule has 1 aromatic rings. The second-order valence-corrected chi connectivity index (χ2v) is 2.50. The van der Waals surface area contributed by atoms with E-state index < -0.39 is 34.0 Å². The van der Waals surface area contributed by atoms with Crippen LogP contribution in [-0.4, -0.2) is 9.91 Å². The average Bonchev–Trinajstić information content (AvgIpc) is 2.15. The zero-order valence-electron chi connectivity index (χ0n) is 7.15. The van der Waals surface area contributed by atoms with Gasteiger partial charge in [-0.3, -0.25) is 0 Å². The molecule has 0 spiro atoms. The fourth-order valence-electron chi connectivity index (χ4n) is 1.01. The van der Waals surface area contributed by atoms with Crippen molar-refractivity contribution < 1.29 is 13.7 Å². The largest absolute Gasteiger partial charge is 0.395 e. The lowest BCUT2D eigenvalue weighted by atomic mass is 10.1. The van der Waals surface area contributed by atoms with Gasteiger partial charge >= 0.3 is 5.82 Å². The van der Waals surface area contributed by atoms with Crippen LogP contribution in [0.2, 0.25) is 0 Å². The first-order chi connectivity index (χ1) is 6.99. The lowest BCUT2D eigenvalue weighted by Crippen LogP contribution is -2.04. The lowest BCUT2D eigenvalue weighted by Gasteiger charge is -2.04. The fraction of sp³-hybridized carbons (Fsp3) is 0.143. The molecule has 0 aromatic carbocycles. The summed E-state index contributed by atoms with van der Waals surface area (Å²) in [7, 11) is 0. The SMILES string of the molecule is N#Cc1c([N+](=O)[O-])ncc(N)c1C(F)F. The Labute approximate surface area is 82.1 Å². The number of nitrogen functional groups attached to an aromatic ring is 1. The van der Waals surface area contributed by atoms with Gasteiger partial charge in [0, 0.05) is 0 Å². The molecule has 8 heteroatoms. The molecule has 0 unspecified atom stereocenters. The molecule has 15 heavy (non-hydrogen) atoms. The summed E-state index contributed by atoms with van der Waals surface area (Å²) in [5, 5.41) is 18.9. The number of hydrogen-bond donors (Lipinski definition) is 1. The van der Waals surface area contributed by atoms with Crippen LogP contribution in [0, 0.1) is 21.4 Å². The van der Waals surface area contributed by atoms with Crippen LogP contribution in [0.3, 0.4) is 0 Å². The number of aromatic nitrogens is 1. The summed E-state index contributed by atoms with van der Waals surface area (Å²) in [4.78, 5) is 12.6. The van der Waals surface area contributed by atoms with Crippen LogP contribution in [0.25, 0.3) is 0 Å². The van der Waals surface area contributed by atoms with E-state index in [1.165, 1.54) is 6.07 Å². The molecule has 6 nitrogen and oxygen atoms in total. The Hall–Kier alpha value is -2.30. The van der Waals surface area contributed by atoms with Gasteiger partial charge in [0.1, 0.15) is 6.07 Å². The van der Waals surface area contributed by atoms with Crippen molar-refractivity contribution in [1.29, 1.82) is 5.26 Å². The summed E-state index contributed by atoms with van der Waals surface area (Å²) in [6.07, 6.45) is -2.32. The topological polar surface area (TPSA) is 106 Å². The molecule has 0 amide bonds. The molecule has 0 bridgehead atoms. The zero-order valence-corrected chi connectivity index (χ0v) is 7.15. The summed E-state index contributed by atoms with van der Waals surface area (Å²) >= 11 is 0. The summed E-state index contributed by atoms with van der Waals surface area (Å²) < 4.78 is 24.9. The van der Waals surface area contributed by atoms with Gasteiger partial charge in [0.05, 0.1) is 11.3 Å². The fourth-order valence-corrected chi connectivity index (χ4v) is 1.01. The Morgan fingerprint density at radius 3 is 2.67 bits per heavy atom. The van der Waals surface area contributed by atoms with Gasteiger partial charge in [0.25, 0.3) is 6.43 Å². The van der Waals surface area contributed by atoms with Crippen LogP contribution in [-0.2, 0) is 0 Å². The summed E-state index contributed by atoms with van der Waals surface area (Å²) in [5.41, 5.74) is 3.07. The van der Waals surface area contributed by atoms with Gasteiger partial charge in [-0.25, -0.2) is 8.78 Å². The summed E-state index contributed by atoms with van der Waals surface area (Å²) in [5.74, 6) is -0.915. The van der Waals surface area contributed by atoms with Crippen molar-refractivity contribution in [2.45, 2.75) is 6.43 Å². The monoisotopic (exact) mass is 214 g/mol. The predicted molar refractivity (Wildman–Crippen MR) is 45.0 cm³/mol. The summed E-state index contributed by atoms with van der Waals surface area (Å²) in [6.45, 7) is 0. The zero-order chi connectivity index (χ0) is 11.6. The maximum Gasteiger partial charge on any atom is 0.382 e. The molecule has 0 atom stereocenters. The van der Waals surface area contributed by atoms with Crippen LogP contribution in [0.1, 0.15) is 17.6 Å². The van der Waals surface area contributed by atoms with Crippen molar-refractivity contribution in [3.63, 3.8) is 0 Å². The van der Waals surface area contributed by atoms with Crippen molar-refractivity contribution in [1.82, 2.24) is 4.98 Å². The van der Waals surface area contributed by atoms with Crippen molar-refractivity contribution in [3.05, 3.63) is 27.4 Å². The highest BCUT2D eigenvalue weighted by atomic mass is 19.3. The highest BCUT2D eigenvalue weighted by Gasteiger charge is 2.27. The number of nitrogens with zero attached hydrogens (tertiary/aromatic N) is 3. The number of pyridine rings is 1. The molecule has 0 aliphatic carbocycles. The molecule has 1 rings (SSSR count). The highest BCUT2D eigenvalue weighted by molar-refractivity contribution is 5.60. The van der Waals surface area contributed by atoms with Crippen molar-refractivity contribution >= 4 is 11.5 Å². The number of anilines is 1. The Morgan fingerprint density at radius 2 is 2.27 bits per heavy atom. The standard InChI is InChI=1S/C7H4F2N4O2/c8-6(9)5-3(1-10)7(13(14)15)12-2-4(5)11/h2,6H,11H2. The van der Waals surface area contributed by atoms with Crippen LogP contribution in [0.5, 0.6) is 0 Å². The Morgan fingerprint density at radius 1 is 1.67 bits per heavy atom. The van der Waals surface area contributed by atoms with E-state index in [0.717, 1.165) is 6.20 Å². The average molecular weight is 214 g/mol. The molecule has 0 aliphatic rings. The van der Waals surface area contributed by atoms with Crippen LogP contribution < -0.4 is 5.73 Å². The van der Waals surface area contributed by atoms with Gasteiger partial charge in [-0.2, -0.15) is 5.26 Å². The Kier molecular flexibility index (Phi) is 2.75. The number of hydrogen-bond acceptors (Lipinski definition) is 5. The van der Waals surface area contributed by atoms with Gasteiger partial charge < -0.3 is 15.8 Å². The predicted octanol–water partition coefficient (Wildman–Crippen LogP) is 1.38. The van der Waals surface area contributed by atoms with Crippen LogP contribution in [0.15, 0.2) is 6.20 Å². The summed E-state index contributed by atoms with van der Waals surface area (Å²) in [6, 6.07) is 1.30. The molecule has 0 saturated heterocycles. The normalized spacial score (nSPS) is 10.0. The third kappa shape index (κ3) is 1.80. The number of nitrogens with two attached hydrogens (primary N) is 1. The van der Waals surface area contributed by atoms with E-state index in [1.54, 1.807) is 0 Å². The van der Waals surface area contributed by atoms with Crippen molar-refractivity contribution in [2.24, 2.45) is 0 Å². The third-order valence-corrected chi connectivity index (χ3v) is 1.63. The number of alkyl halides is 2. The minimum atomic E-state index is -3.05. The minimum Gasteiger partial charge on any atom is -0.395 e. The number of halogens is 2. The van der Waals surface area contributed by atoms with E-state index in [0.29, 0.717) is 0 Å². The van der Waals surface area contributed by atoms with E-state index in [9.17, 15) is 18.9 Å². The van der Waals surface area contributed by atoms with Crippen LogP contribution in [0.4, 0.5) is 20.3 Å². The van der Waals surface area contributed by atoms with E-state index in [-0.39, 0.29) is 0 Å². The van der Waals surface area contributed by atoms with Crippen molar-refractivity contribution in [3.8, 4) is 6.07 Å². The first-order valence-electron chi connectivity index (χ1n) is 3.60. The quantitative estimate of drug-likeness (QED) is 0.591. The van der Waals surface area contributed by atoms with Gasteiger partial charge in [0.15, 0.2) is 11.8 Å². The van der Waals surface area contributed by atoms with Gasteiger partial charge in [-0.15, -0.1) is 0 Å². The molecule has 0 aliphatic heterocycles. The second-order valence-electron chi connectivity index (χ2n) is 2.50. The van der Waals surface area contributed by atoms with Crippen LogP contribution >= 0.6 is 0 Å². The molecule has 0 radical (unpaired) electrons. The third-order valence-electron chi connectivity index (χ3n) is 1.63. The maximum absolute atomic E-state index is 12.4. The van der Waals surface area contributed by atoms with Gasteiger partial charge in [0.2, 0.25) is 0 Å². The Balaban J connectivity index is 3.56. The molecular weight excluding hydrogens is 210 g/mol. The second kappa shape index (κ2) is 3.83. The van der Waals surface area contributed by atoms with Gasteiger partial charge in [-0.05, 0) is 9.91 Å². The van der Waals surface area contributed by atoms with Crippen molar-refractivity contribution in [2.75, 3.05) is 5.73 Å². The Bertz CT molecular complexity index is 455.